The topological polar surface area (TPSA) is 0 Å². The lowest BCUT2D eigenvalue weighted by Gasteiger charge is -2.15. The maximum absolute atomic E-state index is 5.98. The first kappa shape index (κ1) is 13.3. The quantitative estimate of drug-likeness (QED) is 0.610. The first-order chi connectivity index (χ1) is 7.04. The Kier molecular flexibility index (Phi) is 5.45. The molecule has 0 fully saturated rings. The Bertz CT molecular complexity index is 325. The third-order valence-corrected chi connectivity index (χ3v) is 4.25. The van der Waals surface area contributed by atoms with Crippen LogP contribution in [0.3, 0.4) is 0 Å². The van der Waals surface area contributed by atoms with Gasteiger partial charge >= 0.3 is 0 Å². The lowest BCUT2D eigenvalue weighted by molar-refractivity contribution is 0.514. The second-order valence-electron chi connectivity index (χ2n) is 3.89. The van der Waals surface area contributed by atoms with Crippen LogP contribution in [0.2, 0.25) is 10.0 Å². The van der Waals surface area contributed by atoms with Crippen molar-refractivity contribution in [3.63, 3.8) is 0 Å². The Labute approximate surface area is 110 Å². The highest BCUT2D eigenvalue weighted by atomic mass is 79.9. The Morgan fingerprint density at radius 1 is 1.27 bits per heavy atom. The number of halogens is 3. The van der Waals surface area contributed by atoms with Crippen LogP contribution in [0.1, 0.15) is 37.1 Å². The summed E-state index contributed by atoms with van der Waals surface area (Å²) in [6, 6.07) is 5.81. The van der Waals surface area contributed by atoms with E-state index in [-0.39, 0.29) is 0 Å². The lowest BCUT2D eigenvalue weighted by atomic mass is 9.99. The summed E-state index contributed by atoms with van der Waals surface area (Å²) in [5.41, 5.74) is 1.20. The van der Waals surface area contributed by atoms with E-state index in [1.807, 2.05) is 18.2 Å². The summed E-state index contributed by atoms with van der Waals surface area (Å²) in [5, 5.41) is 1.24. The molecule has 0 saturated carbocycles. The second kappa shape index (κ2) is 6.12. The molecule has 0 amide bonds. The van der Waals surface area contributed by atoms with E-state index < -0.39 is 0 Å². The van der Waals surface area contributed by atoms with Crippen LogP contribution in [0.4, 0.5) is 0 Å². The minimum absolute atomic E-state index is 0.363. The van der Waals surface area contributed by atoms with Gasteiger partial charge in [-0.25, -0.2) is 0 Å². The molecular formula is C12H15BrCl2. The third kappa shape index (κ3) is 3.97. The molecule has 0 saturated heterocycles. The zero-order valence-electron chi connectivity index (χ0n) is 8.93. The van der Waals surface area contributed by atoms with Gasteiger partial charge in [0, 0.05) is 4.83 Å². The average Bonchev–Trinajstić information content (AvgIpc) is 2.21. The monoisotopic (exact) mass is 308 g/mol. The minimum Gasteiger partial charge on any atom is -0.0839 e. The minimum atomic E-state index is 0.363. The first-order valence-corrected chi connectivity index (χ1v) is 6.80. The molecule has 0 aliphatic rings. The predicted octanol–water partition coefficient (Wildman–Crippen LogP) is 5.87. The molecule has 1 aromatic rings. The fourth-order valence-corrected chi connectivity index (χ4v) is 2.59. The van der Waals surface area contributed by atoms with Crippen molar-refractivity contribution in [1.82, 2.24) is 0 Å². The van der Waals surface area contributed by atoms with Crippen molar-refractivity contribution in [3.8, 4) is 0 Å². The maximum atomic E-state index is 5.98. The van der Waals surface area contributed by atoms with Gasteiger partial charge in [0.2, 0.25) is 0 Å². The third-order valence-electron chi connectivity index (χ3n) is 2.61. The Morgan fingerprint density at radius 2 is 1.93 bits per heavy atom. The van der Waals surface area contributed by atoms with Gasteiger partial charge in [-0.05, 0) is 30.0 Å². The second-order valence-corrected chi connectivity index (χ2v) is 5.81. The fraction of sp³-hybridized carbons (Fsp3) is 0.500. The van der Waals surface area contributed by atoms with Crippen LogP contribution in [0, 0.1) is 5.92 Å². The van der Waals surface area contributed by atoms with E-state index in [4.69, 9.17) is 23.2 Å². The number of rotatable bonds is 4. The van der Waals surface area contributed by atoms with Crippen molar-refractivity contribution in [2.24, 2.45) is 5.92 Å². The van der Waals surface area contributed by atoms with Crippen molar-refractivity contribution in [2.75, 3.05) is 0 Å². The largest absolute Gasteiger partial charge is 0.0839 e. The summed E-state index contributed by atoms with van der Waals surface area (Å²) in [6.45, 7) is 4.46. The smallest absolute Gasteiger partial charge is 0.0595 e. The molecule has 0 aromatic heterocycles. The van der Waals surface area contributed by atoms with Gasteiger partial charge in [0.1, 0.15) is 0 Å². The summed E-state index contributed by atoms with van der Waals surface area (Å²) in [5.74, 6) is 0.712. The van der Waals surface area contributed by atoms with Crippen LogP contribution < -0.4 is 0 Å². The molecule has 15 heavy (non-hydrogen) atoms. The van der Waals surface area contributed by atoms with Crippen molar-refractivity contribution >= 4 is 39.1 Å². The number of benzene rings is 1. The standard InChI is InChI=1S/C12H15BrCl2/c1-3-8(2)6-10(13)9-4-5-11(14)12(15)7-9/h4-5,7-8,10H,3,6H2,1-2H3. The molecule has 84 valence electrons. The van der Waals surface area contributed by atoms with E-state index in [0.717, 1.165) is 6.42 Å². The van der Waals surface area contributed by atoms with Gasteiger partial charge in [0.05, 0.1) is 10.0 Å². The Morgan fingerprint density at radius 3 is 2.47 bits per heavy atom. The zero-order chi connectivity index (χ0) is 11.4. The summed E-state index contributed by atoms with van der Waals surface area (Å²) < 4.78 is 0. The first-order valence-electron chi connectivity index (χ1n) is 5.13. The van der Waals surface area contributed by atoms with Crippen LogP contribution in [-0.2, 0) is 0 Å². The van der Waals surface area contributed by atoms with Gasteiger partial charge in [-0.1, -0.05) is 65.5 Å². The van der Waals surface area contributed by atoms with Crippen molar-refractivity contribution in [2.45, 2.75) is 31.5 Å². The lowest BCUT2D eigenvalue weighted by Crippen LogP contribution is -1.98. The molecule has 0 N–H and O–H groups in total. The van der Waals surface area contributed by atoms with Gasteiger partial charge in [-0.2, -0.15) is 0 Å². The van der Waals surface area contributed by atoms with E-state index >= 15 is 0 Å². The normalized spacial score (nSPS) is 15.0. The van der Waals surface area contributed by atoms with E-state index in [1.54, 1.807) is 0 Å². The Hall–Kier alpha value is 0.280. The van der Waals surface area contributed by atoms with E-state index in [0.29, 0.717) is 20.8 Å². The Balaban J connectivity index is 2.73. The highest BCUT2D eigenvalue weighted by Crippen LogP contribution is 2.34. The molecule has 0 bridgehead atoms. The highest BCUT2D eigenvalue weighted by molar-refractivity contribution is 9.09. The molecule has 0 heterocycles. The number of hydrogen-bond donors (Lipinski definition) is 0. The van der Waals surface area contributed by atoms with E-state index in [1.165, 1.54) is 12.0 Å². The molecule has 2 unspecified atom stereocenters. The summed E-state index contributed by atoms with van der Waals surface area (Å²) in [4.78, 5) is 0.363. The molecule has 3 heteroatoms. The van der Waals surface area contributed by atoms with Crippen LogP contribution in [0.15, 0.2) is 18.2 Å². The maximum Gasteiger partial charge on any atom is 0.0595 e. The van der Waals surface area contributed by atoms with Gasteiger partial charge in [-0.3, -0.25) is 0 Å². The van der Waals surface area contributed by atoms with Gasteiger partial charge in [0.25, 0.3) is 0 Å². The molecule has 0 nitrogen and oxygen atoms in total. The van der Waals surface area contributed by atoms with E-state index in [2.05, 4.69) is 29.8 Å². The molecule has 0 radical (unpaired) electrons. The number of alkyl halides is 1. The zero-order valence-corrected chi connectivity index (χ0v) is 12.0. The molecule has 0 aliphatic heterocycles. The van der Waals surface area contributed by atoms with Crippen molar-refractivity contribution in [3.05, 3.63) is 33.8 Å². The van der Waals surface area contributed by atoms with Crippen LogP contribution >= 0.6 is 39.1 Å². The molecule has 1 aromatic carbocycles. The molecule has 2 atom stereocenters. The van der Waals surface area contributed by atoms with Crippen molar-refractivity contribution in [1.29, 1.82) is 0 Å². The summed E-state index contributed by atoms with van der Waals surface area (Å²) in [6.07, 6.45) is 2.32. The van der Waals surface area contributed by atoms with Crippen molar-refractivity contribution < 1.29 is 0 Å². The van der Waals surface area contributed by atoms with Gasteiger partial charge < -0.3 is 0 Å². The predicted molar refractivity (Wildman–Crippen MR) is 72.2 cm³/mol. The molecule has 0 spiro atoms. The molecule has 0 aliphatic carbocycles. The summed E-state index contributed by atoms with van der Waals surface area (Å²) >= 11 is 15.5. The average molecular weight is 310 g/mol. The van der Waals surface area contributed by atoms with Crippen LogP contribution in [-0.4, -0.2) is 0 Å². The SMILES string of the molecule is CCC(C)CC(Br)c1ccc(Cl)c(Cl)c1. The number of hydrogen-bond acceptors (Lipinski definition) is 0. The fourth-order valence-electron chi connectivity index (χ4n) is 1.36. The van der Waals surface area contributed by atoms with E-state index in [9.17, 15) is 0 Å². The molecular weight excluding hydrogens is 295 g/mol. The van der Waals surface area contributed by atoms with Crippen LogP contribution in [0.5, 0.6) is 0 Å². The van der Waals surface area contributed by atoms with Gasteiger partial charge in [0.15, 0.2) is 0 Å². The van der Waals surface area contributed by atoms with Gasteiger partial charge in [-0.15, -0.1) is 0 Å². The highest BCUT2D eigenvalue weighted by Gasteiger charge is 2.12. The van der Waals surface area contributed by atoms with Crippen LogP contribution in [0.25, 0.3) is 0 Å². The molecule has 1 rings (SSSR count). The summed E-state index contributed by atoms with van der Waals surface area (Å²) in [7, 11) is 0.